The average Bonchev–Trinajstić information content (AvgIpc) is 2.73. The third-order valence-electron chi connectivity index (χ3n) is 4.92. The molecule has 2 rings (SSSR count). The highest BCUT2D eigenvalue weighted by Gasteiger charge is 2.37. The first kappa shape index (κ1) is 25.1. The Labute approximate surface area is 189 Å². The zero-order chi connectivity index (χ0) is 24.8. The van der Waals surface area contributed by atoms with Gasteiger partial charge < -0.3 is 24.2 Å². The van der Waals surface area contributed by atoms with Crippen molar-refractivity contribution in [2.45, 2.75) is 39.2 Å². The number of ether oxygens (including phenoxy) is 3. The van der Waals surface area contributed by atoms with Gasteiger partial charge in [0.1, 0.15) is 17.2 Å². The Morgan fingerprint density at radius 1 is 1.39 bits per heavy atom. The molecule has 0 aromatic heterocycles. The van der Waals surface area contributed by atoms with Crippen molar-refractivity contribution in [1.82, 2.24) is 4.90 Å². The second kappa shape index (κ2) is 10.4. The van der Waals surface area contributed by atoms with Gasteiger partial charge in [0.25, 0.3) is 5.91 Å². The standard InChI is InChI=1S/C21H23N3O9/c1-4-23(5-2)19(27)14(12-22)8-13-9-15(24(29)30)18(26)16(10-13)32-20(28)33-21(3)6-7-31-17(25)11-21/h8-10,26H,4-7,11H2,1-3H3. The molecular weight excluding hydrogens is 438 g/mol. The van der Waals surface area contributed by atoms with Crippen LogP contribution in [0.2, 0.25) is 0 Å². The van der Waals surface area contributed by atoms with Crippen LogP contribution in [0.1, 0.15) is 39.2 Å². The van der Waals surface area contributed by atoms with Crippen LogP contribution in [0.5, 0.6) is 11.5 Å². The third kappa shape index (κ3) is 6.19. The topological polar surface area (TPSA) is 169 Å². The molecule has 1 atom stereocenters. The molecule has 1 aliphatic rings. The van der Waals surface area contributed by atoms with Gasteiger partial charge >= 0.3 is 17.8 Å². The highest BCUT2D eigenvalue weighted by Crippen LogP contribution is 2.38. The van der Waals surface area contributed by atoms with Gasteiger partial charge in [0.2, 0.25) is 5.75 Å². The van der Waals surface area contributed by atoms with Gasteiger partial charge in [-0.25, -0.2) is 4.79 Å². The molecule has 1 aliphatic heterocycles. The van der Waals surface area contributed by atoms with E-state index in [0.717, 1.165) is 18.2 Å². The Morgan fingerprint density at radius 2 is 2.06 bits per heavy atom. The van der Waals surface area contributed by atoms with Crippen molar-refractivity contribution in [3.63, 3.8) is 0 Å². The van der Waals surface area contributed by atoms with E-state index in [1.807, 2.05) is 0 Å². The lowest BCUT2D eigenvalue weighted by atomic mass is 9.96. The zero-order valence-corrected chi connectivity index (χ0v) is 18.3. The third-order valence-corrected chi connectivity index (χ3v) is 4.92. The maximum absolute atomic E-state index is 12.5. The molecule has 1 aromatic rings. The number of nitrogens with zero attached hydrogens (tertiary/aromatic N) is 3. The number of carbonyl (C=O) groups excluding carboxylic acids is 3. The quantitative estimate of drug-likeness (QED) is 0.159. The normalized spacial score (nSPS) is 18.0. The van der Waals surface area contributed by atoms with E-state index in [2.05, 4.69) is 0 Å². The Hall–Kier alpha value is -4.14. The molecule has 1 amide bonds. The van der Waals surface area contributed by atoms with Crippen molar-refractivity contribution in [2.24, 2.45) is 0 Å². The van der Waals surface area contributed by atoms with Crippen LogP contribution in [-0.4, -0.2) is 58.3 Å². The molecule has 0 bridgehead atoms. The number of rotatable bonds is 7. The van der Waals surface area contributed by atoms with E-state index < -0.39 is 45.7 Å². The summed E-state index contributed by atoms with van der Waals surface area (Å²) in [5.74, 6) is -2.72. The highest BCUT2D eigenvalue weighted by molar-refractivity contribution is 6.01. The number of esters is 1. The first-order valence-corrected chi connectivity index (χ1v) is 10.0. The number of carbonyl (C=O) groups is 3. The SMILES string of the molecule is CCN(CC)C(=O)C(C#N)=Cc1cc(OC(=O)OC2(C)CCOC(=O)C2)c(O)c([N+](=O)[O-])c1. The number of aromatic hydroxyl groups is 1. The Kier molecular flexibility index (Phi) is 7.95. The van der Waals surface area contributed by atoms with Crippen LogP contribution in [0, 0.1) is 21.4 Å². The predicted octanol–water partition coefficient (Wildman–Crippen LogP) is 2.69. The van der Waals surface area contributed by atoms with Gasteiger partial charge in [0.15, 0.2) is 5.75 Å². The number of phenolic OH excluding ortho intramolecular Hbond substituents is 1. The lowest BCUT2D eigenvalue weighted by molar-refractivity contribution is -0.385. The Morgan fingerprint density at radius 3 is 2.61 bits per heavy atom. The maximum Gasteiger partial charge on any atom is 0.514 e. The summed E-state index contributed by atoms with van der Waals surface area (Å²) in [6.07, 6.45) is -0.223. The number of phenols is 1. The van der Waals surface area contributed by atoms with Crippen molar-refractivity contribution in [3.05, 3.63) is 33.4 Å². The molecular formula is C21H23N3O9. The summed E-state index contributed by atoms with van der Waals surface area (Å²) in [6, 6.07) is 3.73. The number of benzene rings is 1. The van der Waals surface area contributed by atoms with Crippen LogP contribution >= 0.6 is 0 Å². The van der Waals surface area contributed by atoms with Gasteiger partial charge in [0, 0.05) is 25.6 Å². The number of nitriles is 1. The molecule has 33 heavy (non-hydrogen) atoms. The molecule has 1 N–H and O–H groups in total. The largest absolute Gasteiger partial charge is 0.514 e. The van der Waals surface area contributed by atoms with Gasteiger partial charge in [-0.3, -0.25) is 19.7 Å². The Balaban J connectivity index is 2.38. The molecule has 176 valence electrons. The smallest absolute Gasteiger partial charge is 0.499 e. The molecule has 0 aliphatic carbocycles. The van der Waals surface area contributed by atoms with Crippen LogP contribution in [0.3, 0.4) is 0 Å². The predicted molar refractivity (Wildman–Crippen MR) is 112 cm³/mol. The summed E-state index contributed by atoms with van der Waals surface area (Å²) in [5.41, 5.74) is -2.37. The van der Waals surface area contributed by atoms with Gasteiger partial charge in [-0.05, 0) is 38.5 Å². The molecule has 1 fully saturated rings. The summed E-state index contributed by atoms with van der Waals surface area (Å²) in [4.78, 5) is 48.1. The zero-order valence-electron chi connectivity index (χ0n) is 18.3. The summed E-state index contributed by atoms with van der Waals surface area (Å²) in [7, 11) is 0. The maximum atomic E-state index is 12.5. The fourth-order valence-electron chi connectivity index (χ4n) is 3.13. The number of nitro groups is 1. The molecule has 1 aromatic carbocycles. The summed E-state index contributed by atoms with van der Waals surface area (Å²) in [5, 5.41) is 31.0. The minimum Gasteiger partial charge on any atom is -0.499 e. The minimum atomic E-state index is -1.31. The van der Waals surface area contributed by atoms with Crippen molar-refractivity contribution >= 4 is 29.8 Å². The molecule has 12 heteroatoms. The first-order chi connectivity index (χ1) is 15.5. The minimum absolute atomic E-state index is 0.0354. The lowest BCUT2D eigenvalue weighted by Crippen LogP contribution is -2.40. The molecule has 1 unspecified atom stereocenters. The van der Waals surface area contributed by atoms with Crippen LogP contribution < -0.4 is 4.74 Å². The van der Waals surface area contributed by atoms with Crippen LogP contribution in [0.25, 0.3) is 6.08 Å². The van der Waals surface area contributed by atoms with E-state index >= 15 is 0 Å². The van der Waals surface area contributed by atoms with E-state index in [1.165, 1.54) is 11.8 Å². The van der Waals surface area contributed by atoms with Gasteiger partial charge in [-0.1, -0.05) is 0 Å². The summed E-state index contributed by atoms with van der Waals surface area (Å²) in [6.45, 7) is 5.68. The average molecular weight is 461 g/mol. The van der Waals surface area contributed by atoms with Gasteiger partial charge in [-0.15, -0.1) is 0 Å². The first-order valence-electron chi connectivity index (χ1n) is 10.0. The molecule has 0 spiro atoms. The second-order valence-electron chi connectivity index (χ2n) is 7.34. The van der Waals surface area contributed by atoms with Crippen LogP contribution in [0.15, 0.2) is 17.7 Å². The fourth-order valence-corrected chi connectivity index (χ4v) is 3.13. The van der Waals surface area contributed by atoms with Crippen molar-refractivity contribution in [3.8, 4) is 17.6 Å². The van der Waals surface area contributed by atoms with E-state index in [9.17, 15) is 34.9 Å². The van der Waals surface area contributed by atoms with Gasteiger partial charge in [0.05, 0.1) is 18.0 Å². The van der Waals surface area contributed by atoms with Gasteiger partial charge in [-0.2, -0.15) is 5.26 Å². The fraction of sp³-hybridized carbons (Fsp3) is 0.429. The van der Waals surface area contributed by atoms with Crippen LogP contribution in [0.4, 0.5) is 10.5 Å². The summed E-state index contributed by atoms with van der Waals surface area (Å²) < 4.78 is 14.9. The number of nitro benzene ring substituents is 1. The van der Waals surface area contributed by atoms with E-state index in [-0.39, 0.29) is 30.6 Å². The summed E-state index contributed by atoms with van der Waals surface area (Å²) >= 11 is 0. The molecule has 0 saturated carbocycles. The number of hydrogen-bond donors (Lipinski definition) is 1. The van der Waals surface area contributed by atoms with Crippen molar-refractivity contribution in [1.29, 1.82) is 5.26 Å². The van der Waals surface area contributed by atoms with Crippen molar-refractivity contribution < 1.29 is 38.6 Å². The number of amides is 1. The number of hydrogen-bond acceptors (Lipinski definition) is 10. The van der Waals surface area contributed by atoms with E-state index in [4.69, 9.17) is 14.2 Å². The van der Waals surface area contributed by atoms with Crippen LogP contribution in [-0.2, 0) is 19.1 Å². The molecule has 1 saturated heterocycles. The molecule has 0 radical (unpaired) electrons. The molecule has 12 nitrogen and oxygen atoms in total. The van der Waals surface area contributed by atoms with E-state index in [0.29, 0.717) is 13.1 Å². The number of likely N-dealkylation sites (N-methyl/N-ethyl adjacent to an activating group) is 1. The highest BCUT2D eigenvalue weighted by atomic mass is 16.7. The van der Waals surface area contributed by atoms with Crippen molar-refractivity contribution in [2.75, 3.05) is 19.7 Å². The molecule has 1 heterocycles. The van der Waals surface area contributed by atoms with E-state index in [1.54, 1.807) is 19.9 Å². The Bertz CT molecular complexity index is 1040. The number of cyclic esters (lactones) is 1. The lowest BCUT2D eigenvalue weighted by Gasteiger charge is -2.31. The second-order valence-corrected chi connectivity index (χ2v) is 7.34. The monoisotopic (exact) mass is 461 g/mol.